The number of nitrogens with two attached hydrogens (primary N) is 1. The maximum absolute atomic E-state index is 10.7. The molecule has 0 saturated heterocycles. The van der Waals surface area contributed by atoms with Crippen molar-refractivity contribution in [3.63, 3.8) is 0 Å². The van der Waals surface area contributed by atoms with Crippen LogP contribution in [0.25, 0.3) is 0 Å². The van der Waals surface area contributed by atoms with Crippen LogP contribution in [0.4, 0.5) is 4.79 Å². The number of hydrogen-bond acceptors (Lipinski definition) is 4. The van der Waals surface area contributed by atoms with Gasteiger partial charge < -0.3 is 24.3 Å². The number of nitrogens with one attached hydrogen (secondary N) is 1. The maximum atomic E-state index is 10.7. The van der Waals surface area contributed by atoms with E-state index in [1.807, 2.05) is 13.8 Å². The SMILES string of the molecule is C=CC(C=C)(C=C)CO[Si](CCCNC(N)=O)(OCC)OCC. The quantitative estimate of drug-likeness (QED) is 0.289. The van der Waals surface area contributed by atoms with Crippen LogP contribution in [-0.4, -0.2) is 41.2 Å². The molecular formula is C16H30N2O4Si. The van der Waals surface area contributed by atoms with Crippen molar-refractivity contribution in [1.82, 2.24) is 5.32 Å². The predicted octanol–water partition coefficient (Wildman–Crippen LogP) is 2.62. The Balaban J connectivity index is 4.94. The van der Waals surface area contributed by atoms with Crippen LogP contribution >= 0.6 is 0 Å². The largest absolute Gasteiger partial charge is 0.501 e. The van der Waals surface area contributed by atoms with Gasteiger partial charge in [-0.2, -0.15) is 0 Å². The molecule has 0 heterocycles. The first-order valence-corrected chi connectivity index (χ1v) is 9.72. The number of carbonyl (C=O) groups excluding carboxylic acids is 1. The zero-order valence-corrected chi connectivity index (χ0v) is 15.3. The zero-order valence-electron chi connectivity index (χ0n) is 14.3. The van der Waals surface area contributed by atoms with Crippen LogP contribution in [0.5, 0.6) is 0 Å². The molecule has 6 nitrogen and oxygen atoms in total. The van der Waals surface area contributed by atoms with Crippen molar-refractivity contribution in [2.45, 2.75) is 26.3 Å². The molecule has 0 aliphatic heterocycles. The fourth-order valence-corrected chi connectivity index (χ4v) is 4.60. The number of primary amides is 1. The van der Waals surface area contributed by atoms with E-state index in [0.29, 0.717) is 38.8 Å². The van der Waals surface area contributed by atoms with Crippen molar-refractivity contribution in [1.29, 1.82) is 0 Å². The van der Waals surface area contributed by atoms with Crippen LogP contribution in [-0.2, 0) is 13.3 Å². The van der Waals surface area contributed by atoms with Crippen LogP contribution < -0.4 is 11.1 Å². The molecule has 0 spiro atoms. The lowest BCUT2D eigenvalue weighted by Crippen LogP contribution is -2.48. The Bertz CT molecular complexity index is 374. The van der Waals surface area contributed by atoms with E-state index in [4.69, 9.17) is 19.0 Å². The van der Waals surface area contributed by atoms with E-state index in [9.17, 15) is 4.79 Å². The van der Waals surface area contributed by atoms with Gasteiger partial charge in [0, 0.05) is 31.2 Å². The standard InChI is InChI=1S/C16H30N2O4Si/c1-6-16(7-2,8-3)14-22-23(20-9-4,21-10-5)13-11-12-18-15(17)19/h6-8H,1-3,9-14H2,4-5H3,(H3,17,18,19). The Hall–Kier alpha value is -1.41. The topological polar surface area (TPSA) is 82.8 Å². The van der Waals surface area contributed by atoms with E-state index in [-0.39, 0.29) is 0 Å². The van der Waals surface area contributed by atoms with Gasteiger partial charge >= 0.3 is 14.8 Å². The van der Waals surface area contributed by atoms with Crippen LogP contribution in [0.3, 0.4) is 0 Å². The normalized spacial score (nSPS) is 11.7. The second kappa shape index (κ2) is 11.2. The lowest BCUT2D eigenvalue weighted by atomic mass is 9.90. The molecule has 0 saturated carbocycles. The average molecular weight is 343 g/mol. The fourth-order valence-electron chi connectivity index (χ4n) is 1.96. The van der Waals surface area contributed by atoms with Gasteiger partial charge in [0.15, 0.2) is 0 Å². The molecule has 0 aromatic heterocycles. The fraction of sp³-hybridized carbons (Fsp3) is 0.562. The summed E-state index contributed by atoms with van der Waals surface area (Å²) in [6.07, 6.45) is 5.86. The van der Waals surface area contributed by atoms with E-state index in [0.717, 1.165) is 0 Å². The number of amides is 2. The Labute approximate surface area is 140 Å². The molecule has 3 N–H and O–H groups in total. The minimum absolute atomic E-state index is 0.305. The molecule has 0 bridgehead atoms. The summed E-state index contributed by atoms with van der Waals surface area (Å²) in [5.74, 6) is 0. The highest BCUT2D eigenvalue weighted by Crippen LogP contribution is 2.26. The minimum Gasteiger partial charge on any atom is -0.374 e. The van der Waals surface area contributed by atoms with Gasteiger partial charge in [-0.3, -0.25) is 0 Å². The number of carbonyl (C=O) groups is 1. The smallest absolute Gasteiger partial charge is 0.374 e. The van der Waals surface area contributed by atoms with Crippen LogP contribution in [0, 0.1) is 5.41 Å². The van der Waals surface area contributed by atoms with Crippen molar-refractivity contribution in [2.24, 2.45) is 11.1 Å². The molecule has 0 aromatic rings. The highest BCUT2D eigenvalue weighted by Gasteiger charge is 2.41. The summed E-state index contributed by atoms with van der Waals surface area (Å²) < 4.78 is 17.8. The summed E-state index contributed by atoms with van der Waals surface area (Å²) >= 11 is 0. The summed E-state index contributed by atoms with van der Waals surface area (Å²) in [6.45, 7) is 17.0. The summed E-state index contributed by atoms with van der Waals surface area (Å²) in [6, 6.07) is 0.0335. The van der Waals surface area contributed by atoms with E-state index in [1.54, 1.807) is 18.2 Å². The Morgan fingerprint density at radius 2 is 1.65 bits per heavy atom. The molecule has 0 aromatic carbocycles. The number of hydrogen-bond donors (Lipinski definition) is 2. The van der Waals surface area contributed by atoms with Gasteiger partial charge in [0.25, 0.3) is 0 Å². The van der Waals surface area contributed by atoms with E-state index in [2.05, 4.69) is 25.1 Å². The molecule has 0 aliphatic carbocycles. The first-order chi connectivity index (χ1) is 10.9. The lowest BCUT2D eigenvalue weighted by molar-refractivity contribution is 0.0555. The van der Waals surface area contributed by atoms with Crippen molar-refractivity contribution in [3.8, 4) is 0 Å². The first kappa shape index (κ1) is 21.6. The molecule has 132 valence electrons. The van der Waals surface area contributed by atoms with Crippen molar-refractivity contribution in [3.05, 3.63) is 38.0 Å². The predicted molar refractivity (Wildman–Crippen MR) is 95.0 cm³/mol. The van der Waals surface area contributed by atoms with Gasteiger partial charge in [0.2, 0.25) is 0 Å². The Kier molecular flexibility index (Phi) is 10.5. The van der Waals surface area contributed by atoms with E-state index >= 15 is 0 Å². The van der Waals surface area contributed by atoms with E-state index < -0.39 is 20.3 Å². The molecule has 23 heavy (non-hydrogen) atoms. The number of rotatable bonds is 14. The summed E-state index contributed by atoms with van der Waals surface area (Å²) in [7, 11) is -2.86. The highest BCUT2D eigenvalue weighted by atomic mass is 28.4. The van der Waals surface area contributed by atoms with Gasteiger partial charge in [0.1, 0.15) is 0 Å². The summed E-state index contributed by atoms with van der Waals surface area (Å²) in [4.78, 5) is 10.7. The zero-order chi connectivity index (χ0) is 17.8. The molecule has 0 fully saturated rings. The van der Waals surface area contributed by atoms with Crippen LogP contribution in [0.1, 0.15) is 20.3 Å². The monoisotopic (exact) mass is 342 g/mol. The molecule has 0 aliphatic rings. The minimum atomic E-state index is -2.86. The second-order valence-corrected chi connectivity index (χ2v) is 7.69. The molecule has 7 heteroatoms. The van der Waals surface area contributed by atoms with Crippen molar-refractivity contribution < 1.29 is 18.1 Å². The first-order valence-electron chi connectivity index (χ1n) is 7.79. The molecule has 2 amide bonds. The van der Waals surface area contributed by atoms with Gasteiger partial charge in [-0.1, -0.05) is 18.2 Å². The Morgan fingerprint density at radius 1 is 1.13 bits per heavy atom. The Morgan fingerprint density at radius 3 is 2.04 bits per heavy atom. The molecular weight excluding hydrogens is 312 g/mol. The third-order valence-corrected chi connectivity index (χ3v) is 6.38. The second-order valence-electron chi connectivity index (χ2n) is 4.96. The van der Waals surface area contributed by atoms with Crippen LogP contribution in [0.15, 0.2) is 38.0 Å². The molecule has 0 atom stereocenters. The van der Waals surface area contributed by atoms with Gasteiger partial charge in [-0.05, 0) is 20.3 Å². The average Bonchev–Trinajstić information content (AvgIpc) is 2.54. The molecule has 0 unspecified atom stereocenters. The molecule has 0 radical (unpaired) electrons. The third kappa shape index (κ3) is 7.60. The van der Waals surface area contributed by atoms with Gasteiger partial charge in [-0.25, -0.2) is 4.79 Å². The lowest BCUT2D eigenvalue weighted by Gasteiger charge is -2.33. The van der Waals surface area contributed by atoms with Gasteiger partial charge in [-0.15, -0.1) is 19.7 Å². The van der Waals surface area contributed by atoms with Crippen molar-refractivity contribution in [2.75, 3.05) is 26.4 Å². The molecule has 0 rings (SSSR count). The maximum Gasteiger partial charge on any atom is 0.501 e. The number of urea groups is 1. The van der Waals surface area contributed by atoms with Crippen LogP contribution in [0.2, 0.25) is 6.04 Å². The highest BCUT2D eigenvalue weighted by molar-refractivity contribution is 6.60. The summed E-state index contributed by atoms with van der Waals surface area (Å²) in [5.41, 5.74) is 4.53. The van der Waals surface area contributed by atoms with Gasteiger partial charge in [0.05, 0.1) is 6.61 Å². The van der Waals surface area contributed by atoms with E-state index in [1.165, 1.54) is 0 Å². The summed E-state index contributed by atoms with van der Waals surface area (Å²) in [5, 5.41) is 2.55. The third-order valence-electron chi connectivity index (χ3n) is 3.37. The van der Waals surface area contributed by atoms with Crippen molar-refractivity contribution >= 4 is 14.8 Å².